The third-order valence-corrected chi connectivity index (χ3v) is 9.24. The lowest BCUT2D eigenvalue weighted by atomic mass is 10.1. The zero-order valence-corrected chi connectivity index (χ0v) is 16.0. The molecule has 1 aliphatic rings. The van der Waals surface area contributed by atoms with Crippen molar-refractivity contribution in [2.75, 3.05) is 19.5 Å². The Morgan fingerprint density at radius 2 is 1.91 bits per heavy atom. The van der Waals surface area contributed by atoms with E-state index in [0.29, 0.717) is 13.0 Å². The maximum absolute atomic E-state index is 11.4. The van der Waals surface area contributed by atoms with E-state index in [1.165, 1.54) is 0 Å². The van der Waals surface area contributed by atoms with Crippen LogP contribution in [-0.4, -0.2) is 54.4 Å². The minimum atomic E-state index is -3.49. The average Bonchev–Trinajstić information content (AvgIpc) is 2.64. The second-order valence-corrected chi connectivity index (χ2v) is 13.5. The number of ether oxygens (including phenoxy) is 1. The van der Waals surface area contributed by atoms with Crippen molar-refractivity contribution in [1.82, 2.24) is 5.32 Å². The van der Waals surface area contributed by atoms with Crippen LogP contribution in [0, 0.1) is 0 Å². The summed E-state index contributed by atoms with van der Waals surface area (Å²) in [5, 5.41) is 2.78. The highest BCUT2D eigenvalue weighted by Crippen LogP contribution is 2.36. The summed E-state index contributed by atoms with van der Waals surface area (Å²) in [5.74, 6) is 0. The number of hydrogen-bond acceptors (Lipinski definition) is 6. The Labute approximate surface area is 134 Å². The molecule has 0 aromatic heterocycles. The maximum atomic E-state index is 11.4. The van der Waals surface area contributed by atoms with E-state index in [1.54, 1.807) is 0 Å². The van der Waals surface area contributed by atoms with E-state index >= 15 is 0 Å². The Kier molecular flexibility index (Phi) is 6.05. The van der Waals surface area contributed by atoms with E-state index in [4.69, 9.17) is 13.3 Å². The molecule has 0 unspecified atom stereocenters. The Balaban J connectivity index is 2.55. The van der Waals surface area contributed by atoms with Crippen molar-refractivity contribution in [2.24, 2.45) is 0 Å². The zero-order chi connectivity index (χ0) is 17.2. The Morgan fingerprint density at radius 3 is 2.41 bits per heavy atom. The summed E-state index contributed by atoms with van der Waals surface area (Å²) in [4.78, 5) is 11.4. The number of amides is 1. The molecule has 1 rings (SSSR count). The smallest absolute Gasteiger partial charge is 0.407 e. The second kappa shape index (κ2) is 6.86. The van der Waals surface area contributed by atoms with Gasteiger partial charge in [0.05, 0.1) is 25.5 Å². The standard InChI is InChI=1S/C13H27NO6SSi/c1-13(2,3)22(5,6)19-9-10-11(20-12(15)14-10)7-8-18-21(4,16)17/h10-11H,7-9H2,1-6H3,(H,14,15)/t10-,11-/m1/s1. The average molecular weight is 354 g/mol. The largest absolute Gasteiger partial charge is 0.444 e. The van der Waals surface area contributed by atoms with Gasteiger partial charge in [-0.2, -0.15) is 8.42 Å². The first kappa shape index (κ1) is 19.4. The molecular formula is C13H27NO6SSi. The third kappa shape index (κ3) is 5.86. The Morgan fingerprint density at radius 1 is 1.32 bits per heavy atom. The predicted molar refractivity (Wildman–Crippen MR) is 85.8 cm³/mol. The van der Waals surface area contributed by atoms with Gasteiger partial charge < -0.3 is 14.5 Å². The molecule has 0 aliphatic carbocycles. The molecular weight excluding hydrogens is 326 g/mol. The van der Waals surface area contributed by atoms with Crippen LogP contribution in [0.3, 0.4) is 0 Å². The molecule has 0 aromatic carbocycles. The first-order chi connectivity index (χ1) is 9.82. The molecule has 1 heterocycles. The first-order valence-corrected chi connectivity index (χ1v) is 12.0. The van der Waals surface area contributed by atoms with Crippen LogP contribution in [0.4, 0.5) is 4.79 Å². The van der Waals surface area contributed by atoms with Crippen LogP contribution in [-0.2, 0) is 23.5 Å². The number of hydrogen-bond donors (Lipinski definition) is 1. The molecule has 130 valence electrons. The summed E-state index contributed by atoms with van der Waals surface area (Å²) in [7, 11) is -5.41. The van der Waals surface area contributed by atoms with Gasteiger partial charge in [0, 0.05) is 6.42 Å². The fraction of sp³-hybridized carbons (Fsp3) is 0.923. The number of nitrogens with one attached hydrogen (secondary N) is 1. The van der Waals surface area contributed by atoms with Crippen LogP contribution in [0.1, 0.15) is 27.2 Å². The molecule has 0 saturated carbocycles. The van der Waals surface area contributed by atoms with Crippen LogP contribution in [0.2, 0.25) is 18.1 Å². The van der Waals surface area contributed by atoms with E-state index in [1.807, 2.05) is 0 Å². The molecule has 22 heavy (non-hydrogen) atoms. The predicted octanol–water partition coefficient (Wildman–Crippen LogP) is 1.85. The molecule has 1 saturated heterocycles. The number of alkyl carbamates (subject to hydrolysis) is 1. The number of rotatable bonds is 7. The molecule has 9 heteroatoms. The van der Waals surface area contributed by atoms with Crippen molar-refractivity contribution in [1.29, 1.82) is 0 Å². The Hall–Kier alpha value is -0.643. The van der Waals surface area contributed by atoms with Crippen molar-refractivity contribution < 1.29 is 26.6 Å². The highest BCUT2D eigenvalue weighted by Gasteiger charge is 2.40. The molecule has 0 bridgehead atoms. The molecule has 7 nitrogen and oxygen atoms in total. The fourth-order valence-electron chi connectivity index (χ4n) is 1.74. The molecule has 0 spiro atoms. The van der Waals surface area contributed by atoms with Gasteiger partial charge in [-0.25, -0.2) is 4.79 Å². The fourth-order valence-corrected chi connectivity index (χ4v) is 3.17. The highest BCUT2D eigenvalue weighted by molar-refractivity contribution is 7.85. The number of cyclic esters (lactones) is 1. The van der Waals surface area contributed by atoms with E-state index in [0.717, 1.165) is 6.26 Å². The maximum Gasteiger partial charge on any atom is 0.407 e. The summed E-state index contributed by atoms with van der Waals surface area (Å²) in [6.45, 7) is 11.0. The van der Waals surface area contributed by atoms with Crippen LogP contribution in [0.25, 0.3) is 0 Å². The minimum absolute atomic E-state index is 0.0188. The highest BCUT2D eigenvalue weighted by atomic mass is 32.2. The quantitative estimate of drug-likeness (QED) is 0.555. The van der Waals surface area contributed by atoms with Gasteiger partial charge in [-0.15, -0.1) is 0 Å². The van der Waals surface area contributed by atoms with Gasteiger partial charge in [-0.3, -0.25) is 4.18 Å². The van der Waals surface area contributed by atoms with Gasteiger partial charge in [-0.05, 0) is 18.1 Å². The first-order valence-electron chi connectivity index (χ1n) is 7.27. The monoisotopic (exact) mass is 353 g/mol. The summed E-state index contributed by atoms with van der Waals surface area (Å²) >= 11 is 0. The van der Waals surface area contributed by atoms with E-state index in [-0.39, 0.29) is 17.7 Å². The van der Waals surface area contributed by atoms with Crippen molar-refractivity contribution in [3.63, 3.8) is 0 Å². The molecule has 2 atom stereocenters. The molecule has 1 N–H and O–H groups in total. The van der Waals surface area contributed by atoms with Crippen LogP contribution >= 0.6 is 0 Å². The van der Waals surface area contributed by atoms with E-state index < -0.39 is 30.6 Å². The van der Waals surface area contributed by atoms with Crippen molar-refractivity contribution in [3.05, 3.63) is 0 Å². The number of carbonyl (C=O) groups is 1. The summed E-state index contributed by atoms with van der Waals surface area (Å²) < 4.78 is 37.8. The normalized spacial score (nSPS) is 23.3. The molecule has 0 radical (unpaired) electrons. The van der Waals surface area contributed by atoms with Gasteiger partial charge in [0.25, 0.3) is 10.1 Å². The molecule has 1 aliphatic heterocycles. The topological polar surface area (TPSA) is 90.9 Å². The van der Waals surface area contributed by atoms with Gasteiger partial charge >= 0.3 is 6.09 Å². The molecule has 1 amide bonds. The zero-order valence-electron chi connectivity index (χ0n) is 14.1. The van der Waals surface area contributed by atoms with Gasteiger partial charge in [0.2, 0.25) is 0 Å². The summed E-state index contributed by atoms with van der Waals surface area (Å²) in [5.41, 5.74) is 0. The molecule has 1 fully saturated rings. The van der Waals surface area contributed by atoms with Crippen LogP contribution < -0.4 is 5.32 Å². The molecule has 0 aromatic rings. The minimum Gasteiger partial charge on any atom is -0.444 e. The van der Waals surface area contributed by atoms with Gasteiger partial charge in [-0.1, -0.05) is 20.8 Å². The lowest BCUT2D eigenvalue weighted by Gasteiger charge is -2.37. The lowest BCUT2D eigenvalue weighted by Crippen LogP contribution is -2.46. The van der Waals surface area contributed by atoms with E-state index in [9.17, 15) is 13.2 Å². The van der Waals surface area contributed by atoms with E-state index in [2.05, 4.69) is 39.2 Å². The van der Waals surface area contributed by atoms with Crippen LogP contribution in [0.15, 0.2) is 0 Å². The van der Waals surface area contributed by atoms with Gasteiger partial charge in [0.15, 0.2) is 8.32 Å². The van der Waals surface area contributed by atoms with Crippen molar-refractivity contribution >= 4 is 24.5 Å². The Bertz CT molecular complexity index is 499. The summed E-state index contributed by atoms with van der Waals surface area (Å²) in [6.07, 6.45) is 0.341. The van der Waals surface area contributed by atoms with Gasteiger partial charge in [0.1, 0.15) is 6.10 Å². The summed E-state index contributed by atoms with van der Waals surface area (Å²) in [6, 6.07) is -0.287. The second-order valence-electron chi connectivity index (χ2n) is 7.08. The van der Waals surface area contributed by atoms with Crippen LogP contribution in [0.5, 0.6) is 0 Å². The SMILES string of the molecule is CC(C)(C)[Si](C)(C)OC[C@H]1NC(=O)O[C@@H]1CCOS(C)(=O)=O. The lowest BCUT2D eigenvalue weighted by molar-refractivity contribution is 0.103. The van der Waals surface area contributed by atoms with Crippen molar-refractivity contribution in [3.8, 4) is 0 Å². The third-order valence-electron chi connectivity index (χ3n) is 4.14. The number of carbonyl (C=O) groups excluding carboxylic acids is 1. The van der Waals surface area contributed by atoms with Crippen molar-refractivity contribution in [2.45, 2.75) is 57.5 Å².